The van der Waals surface area contributed by atoms with Gasteiger partial charge in [-0.3, -0.25) is 0 Å². The zero-order valence-corrected chi connectivity index (χ0v) is 7.68. The minimum absolute atomic E-state index is 0.862. The van der Waals surface area contributed by atoms with E-state index in [1.54, 1.807) is 0 Å². The average molecular weight is 177 g/mol. The molecule has 3 rings (SSSR count). The highest BCUT2D eigenvalue weighted by atomic mass is 32.2. The predicted octanol–water partition coefficient (Wildman–Crippen LogP) is 2.72. The second-order valence-corrected chi connectivity index (χ2v) is 4.43. The Labute approximate surface area is 76.8 Å². The van der Waals surface area contributed by atoms with Gasteiger partial charge < -0.3 is 4.90 Å². The summed E-state index contributed by atoms with van der Waals surface area (Å²) in [5.41, 5.74) is 1.46. The SMILES string of the molecule is c1ccc2c(c1)SCN2C1CC1. The van der Waals surface area contributed by atoms with E-state index >= 15 is 0 Å². The molecule has 1 aromatic rings. The van der Waals surface area contributed by atoms with Crippen LogP contribution in [0.3, 0.4) is 0 Å². The summed E-state index contributed by atoms with van der Waals surface area (Å²) in [6.07, 6.45) is 2.80. The quantitative estimate of drug-likeness (QED) is 0.649. The molecule has 0 spiro atoms. The van der Waals surface area contributed by atoms with Crippen LogP contribution in [0.15, 0.2) is 29.2 Å². The van der Waals surface area contributed by atoms with Crippen LogP contribution in [0.1, 0.15) is 12.8 Å². The van der Waals surface area contributed by atoms with Crippen LogP contribution in [0, 0.1) is 0 Å². The number of para-hydroxylation sites is 1. The van der Waals surface area contributed by atoms with E-state index in [0.29, 0.717) is 0 Å². The van der Waals surface area contributed by atoms with E-state index in [-0.39, 0.29) is 0 Å². The number of rotatable bonds is 1. The molecule has 0 radical (unpaired) electrons. The zero-order chi connectivity index (χ0) is 7.97. The van der Waals surface area contributed by atoms with Crippen molar-refractivity contribution in [1.82, 2.24) is 0 Å². The van der Waals surface area contributed by atoms with Crippen LogP contribution in [-0.2, 0) is 0 Å². The van der Waals surface area contributed by atoms with Crippen molar-refractivity contribution in [3.63, 3.8) is 0 Å². The standard InChI is InChI=1S/C10H11NS/c1-2-4-10-9(3-1)11(7-12-10)8-5-6-8/h1-4,8H,5-7H2. The molecule has 1 aliphatic carbocycles. The summed E-state index contributed by atoms with van der Waals surface area (Å²) in [5, 5.41) is 0. The fourth-order valence-electron chi connectivity index (χ4n) is 1.71. The Morgan fingerprint density at radius 2 is 2.08 bits per heavy atom. The topological polar surface area (TPSA) is 3.24 Å². The first kappa shape index (κ1) is 6.84. The Bertz CT molecular complexity index is 306. The smallest absolute Gasteiger partial charge is 0.0690 e. The number of hydrogen-bond acceptors (Lipinski definition) is 2. The maximum absolute atomic E-state index is 2.54. The molecule has 1 nitrogen and oxygen atoms in total. The molecule has 0 N–H and O–H groups in total. The predicted molar refractivity (Wildman–Crippen MR) is 52.7 cm³/mol. The molecule has 0 saturated heterocycles. The molecule has 0 unspecified atom stereocenters. The normalized spacial score (nSPS) is 21.2. The van der Waals surface area contributed by atoms with Gasteiger partial charge in [0.25, 0.3) is 0 Å². The number of nitrogens with zero attached hydrogens (tertiary/aromatic N) is 1. The molecular formula is C10H11NS. The summed E-state index contributed by atoms with van der Waals surface area (Å²) in [5.74, 6) is 1.17. The van der Waals surface area contributed by atoms with Gasteiger partial charge in [-0.05, 0) is 25.0 Å². The fourth-order valence-corrected chi connectivity index (χ4v) is 2.85. The summed E-state index contributed by atoms with van der Waals surface area (Å²) in [6, 6.07) is 9.60. The highest BCUT2D eigenvalue weighted by Crippen LogP contribution is 2.43. The fraction of sp³-hybridized carbons (Fsp3) is 0.400. The number of benzene rings is 1. The van der Waals surface area contributed by atoms with E-state index in [4.69, 9.17) is 0 Å². The van der Waals surface area contributed by atoms with Crippen molar-refractivity contribution in [3.8, 4) is 0 Å². The molecule has 0 aromatic heterocycles. The number of thioether (sulfide) groups is 1. The van der Waals surface area contributed by atoms with Gasteiger partial charge in [-0.25, -0.2) is 0 Å². The Morgan fingerprint density at radius 3 is 2.92 bits per heavy atom. The molecule has 1 fully saturated rings. The lowest BCUT2D eigenvalue weighted by Crippen LogP contribution is -2.21. The van der Waals surface area contributed by atoms with E-state index in [2.05, 4.69) is 29.2 Å². The number of anilines is 1. The highest BCUT2D eigenvalue weighted by molar-refractivity contribution is 7.99. The third-order valence-electron chi connectivity index (χ3n) is 2.52. The molecule has 0 atom stereocenters. The summed E-state index contributed by atoms with van der Waals surface area (Å²) in [6.45, 7) is 0. The van der Waals surface area contributed by atoms with Gasteiger partial charge in [0.2, 0.25) is 0 Å². The van der Waals surface area contributed by atoms with Crippen molar-refractivity contribution < 1.29 is 0 Å². The third kappa shape index (κ3) is 0.944. The molecule has 1 saturated carbocycles. The Balaban J connectivity index is 2.01. The lowest BCUT2D eigenvalue weighted by Gasteiger charge is -2.16. The summed E-state index contributed by atoms with van der Waals surface area (Å²) in [7, 11) is 0. The zero-order valence-electron chi connectivity index (χ0n) is 6.86. The second-order valence-electron chi connectivity index (χ2n) is 3.44. The van der Waals surface area contributed by atoms with Crippen LogP contribution in [-0.4, -0.2) is 11.9 Å². The number of hydrogen-bond donors (Lipinski definition) is 0. The molecule has 0 bridgehead atoms. The van der Waals surface area contributed by atoms with E-state index in [0.717, 1.165) is 6.04 Å². The third-order valence-corrected chi connectivity index (χ3v) is 3.58. The summed E-state index contributed by atoms with van der Waals surface area (Å²) < 4.78 is 0. The van der Waals surface area contributed by atoms with Crippen LogP contribution in [0.4, 0.5) is 5.69 Å². The van der Waals surface area contributed by atoms with Crippen molar-refractivity contribution in [1.29, 1.82) is 0 Å². The molecular weight excluding hydrogens is 166 g/mol. The van der Waals surface area contributed by atoms with Crippen LogP contribution in [0.2, 0.25) is 0 Å². The van der Waals surface area contributed by atoms with E-state index in [1.807, 2.05) is 11.8 Å². The van der Waals surface area contributed by atoms with E-state index < -0.39 is 0 Å². The van der Waals surface area contributed by atoms with Crippen LogP contribution >= 0.6 is 11.8 Å². The van der Waals surface area contributed by atoms with Crippen LogP contribution in [0.25, 0.3) is 0 Å². The van der Waals surface area contributed by atoms with E-state index in [9.17, 15) is 0 Å². The monoisotopic (exact) mass is 177 g/mol. The summed E-state index contributed by atoms with van der Waals surface area (Å²) >= 11 is 1.97. The highest BCUT2D eigenvalue weighted by Gasteiger charge is 2.33. The van der Waals surface area contributed by atoms with Gasteiger partial charge in [0.05, 0.1) is 11.6 Å². The second kappa shape index (κ2) is 2.43. The van der Waals surface area contributed by atoms with Gasteiger partial charge in [0.15, 0.2) is 0 Å². The lowest BCUT2D eigenvalue weighted by atomic mass is 10.3. The van der Waals surface area contributed by atoms with Gasteiger partial charge in [-0.1, -0.05) is 12.1 Å². The van der Waals surface area contributed by atoms with Crippen molar-refractivity contribution in [2.24, 2.45) is 0 Å². The molecule has 1 heterocycles. The largest absolute Gasteiger partial charge is 0.358 e. The minimum Gasteiger partial charge on any atom is -0.358 e. The van der Waals surface area contributed by atoms with Crippen LogP contribution in [0.5, 0.6) is 0 Å². The van der Waals surface area contributed by atoms with E-state index in [1.165, 1.54) is 29.3 Å². The average Bonchev–Trinajstić information content (AvgIpc) is 2.86. The first-order valence-corrected chi connectivity index (χ1v) is 5.42. The Morgan fingerprint density at radius 1 is 1.25 bits per heavy atom. The van der Waals surface area contributed by atoms with Crippen molar-refractivity contribution in [3.05, 3.63) is 24.3 Å². The van der Waals surface area contributed by atoms with Crippen LogP contribution < -0.4 is 4.90 Å². The molecule has 2 aliphatic rings. The first-order chi connectivity index (χ1) is 5.95. The number of fused-ring (bicyclic) bond motifs is 1. The summed E-state index contributed by atoms with van der Waals surface area (Å²) in [4.78, 5) is 4.00. The van der Waals surface area contributed by atoms with Crippen molar-refractivity contribution in [2.75, 3.05) is 10.8 Å². The van der Waals surface area contributed by atoms with Crippen molar-refractivity contribution >= 4 is 17.4 Å². The molecule has 2 heteroatoms. The lowest BCUT2D eigenvalue weighted by molar-refractivity contribution is 0.902. The van der Waals surface area contributed by atoms with Gasteiger partial charge in [0, 0.05) is 10.9 Å². The molecule has 1 aliphatic heterocycles. The molecule has 12 heavy (non-hydrogen) atoms. The Kier molecular flexibility index (Phi) is 1.38. The van der Waals surface area contributed by atoms with Gasteiger partial charge in [-0.15, -0.1) is 11.8 Å². The molecule has 62 valence electrons. The minimum atomic E-state index is 0.862. The maximum Gasteiger partial charge on any atom is 0.0690 e. The van der Waals surface area contributed by atoms with Gasteiger partial charge in [-0.2, -0.15) is 0 Å². The first-order valence-electron chi connectivity index (χ1n) is 4.43. The molecule has 1 aromatic carbocycles. The van der Waals surface area contributed by atoms with Crippen molar-refractivity contribution in [2.45, 2.75) is 23.8 Å². The van der Waals surface area contributed by atoms with Gasteiger partial charge in [0.1, 0.15) is 0 Å². The van der Waals surface area contributed by atoms with Gasteiger partial charge >= 0.3 is 0 Å². The molecule has 0 amide bonds. The maximum atomic E-state index is 2.54. The Hall–Kier alpha value is -0.630.